The molecule has 3 aromatic rings. The Labute approximate surface area is 150 Å². The Morgan fingerprint density at radius 1 is 1.12 bits per heavy atom. The van der Waals surface area contributed by atoms with Crippen LogP contribution in [0.25, 0.3) is 11.4 Å². The lowest BCUT2D eigenvalue weighted by Crippen LogP contribution is -2.20. The average Bonchev–Trinajstić information content (AvgIpc) is 3.07. The number of hydrogen-bond donors (Lipinski definition) is 0. The third kappa shape index (κ3) is 3.05. The molecular formula is C19H17N3O2S. The van der Waals surface area contributed by atoms with Crippen molar-refractivity contribution >= 4 is 17.7 Å². The van der Waals surface area contributed by atoms with Crippen molar-refractivity contribution in [1.29, 1.82) is 0 Å². The summed E-state index contributed by atoms with van der Waals surface area (Å²) in [5.41, 5.74) is 3.22. The molecule has 0 saturated carbocycles. The fourth-order valence-corrected chi connectivity index (χ4v) is 3.94. The van der Waals surface area contributed by atoms with Crippen molar-refractivity contribution in [2.45, 2.75) is 23.8 Å². The van der Waals surface area contributed by atoms with Crippen LogP contribution in [0, 0.1) is 6.92 Å². The summed E-state index contributed by atoms with van der Waals surface area (Å²) in [4.78, 5) is 17.1. The van der Waals surface area contributed by atoms with E-state index in [1.807, 2.05) is 24.3 Å². The van der Waals surface area contributed by atoms with Crippen LogP contribution in [-0.4, -0.2) is 27.8 Å². The molecule has 5 nitrogen and oxygen atoms in total. The first-order valence-corrected chi connectivity index (χ1v) is 8.90. The molecule has 0 spiro atoms. The fourth-order valence-electron chi connectivity index (χ4n) is 2.78. The molecule has 0 radical (unpaired) electrons. The SMILES string of the molecule is COc1ccc(-c2nc3n(n2)C(=O)C[C@@H](c2ccc(C)cc2)S3)cc1. The maximum absolute atomic E-state index is 12.5. The number of ether oxygens (including phenoxy) is 1. The average molecular weight is 351 g/mol. The van der Waals surface area contributed by atoms with Crippen LogP contribution >= 0.6 is 11.8 Å². The van der Waals surface area contributed by atoms with Crippen molar-refractivity contribution < 1.29 is 9.53 Å². The summed E-state index contributed by atoms with van der Waals surface area (Å²) < 4.78 is 6.60. The highest BCUT2D eigenvalue weighted by molar-refractivity contribution is 7.99. The first-order chi connectivity index (χ1) is 12.1. The molecule has 0 bridgehead atoms. The molecule has 4 rings (SSSR count). The quantitative estimate of drug-likeness (QED) is 0.710. The Morgan fingerprint density at radius 3 is 2.52 bits per heavy atom. The number of fused-ring (bicyclic) bond motifs is 1. The molecule has 6 heteroatoms. The fraction of sp³-hybridized carbons (Fsp3) is 0.211. The maximum Gasteiger partial charge on any atom is 0.250 e. The standard InChI is InChI=1S/C19H17N3O2S/c1-12-3-5-13(6-4-12)16-11-17(23)22-19(25-16)20-18(21-22)14-7-9-15(24-2)10-8-14/h3-10,16H,11H2,1-2H3/t16-/m0/s1. The Kier molecular flexibility index (Phi) is 4.05. The normalized spacial score (nSPS) is 16.6. The summed E-state index contributed by atoms with van der Waals surface area (Å²) >= 11 is 1.59. The van der Waals surface area contributed by atoms with Crippen LogP contribution in [0.2, 0.25) is 0 Å². The van der Waals surface area contributed by atoms with E-state index in [1.165, 1.54) is 10.2 Å². The number of methoxy groups -OCH3 is 1. The predicted octanol–water partition coefficient (Wildman–Crippen LogP) is 4.14. The van der Waals surface area contributed by atoms with E-state index in [4.69, 9.17) is 4.74 Å². The summed E-state index contributed by atoms with van der Waals surface area (Å²) in [5.74, 6) is 1.31. The number of aryl methyl sites for hydroxylation is 1. The molecule has 126 valence electrons. The van der Waals surface area contributed by atoms with Gasteiger partial charge >= 0.3 is 0 Å². The van der Waals surface area contributed by atoms with Gasteiger partial charge in [0.25, 0.3) is 5.91 Å². The van der Waals surface area contributed by atoms with Crippen molar-refractivity contribution in [2.75, 3.05) is 7.11 Å². The van der Waals surface area contributed by atoms with Crippen molar-refractivity contribution in [3.63, 3.8) is 0 Å². The summed E-state index contributed by atoms with van der Waals surface area (Å²) in [6.07, 6.45) is 0.423. The molecule has 1 aromatic heterocycles. The lowest BCUT2D eigenvalue weighted by Gasteiger charge is -2.20. The van der Waals surface area contributed by atoms with E-state index >= 15 is 0 Å². The van der Waals surface area contributed by atoms with Crippen LogP contribution in [-0.2, 0) is 0 Å². The van der Waals surface area contributed by atoms with Gasteiger partial charge in [0.05, 0.1) is 7.11 Å². The molecule has 1 atom stereocenters. The van der Waals surface area contributed by atoms with E-state index in [0.717, 1.165) is 16.9 Å². The second-order valence-corrected chi connectivity index (χ2v) is 7.14. The van der Waals surface area contributed by atoms with Gasteiger partial charge in [-0.25, -0.2) is 4.98 Å². The van der Waals surface area contributed by atoms with E-state index in [0.29, 0.717) is 17.4 Å². The van der Waals surface area contributed by atoms with Crippen molar-refractivity contribution in [3.05, 3.63) is 59.7 Å². The summed E-state index contributed by atoms with van der Waals surface area (Å²) in [5, 5.41) is 5.12. The lowest BCUT2D eigenvalue weighted by atomic mass is 10.1. The van der Waals surface area contributed by atoms with Crippen LogP contribution in [0.4, 0.5) is 0 Å². The molecule has 0 fully saturated rings. The molecule has 0 unspecified atom stereocenters. The number of hydrogen-bond acceptors (Lipinski definition) is 5. The first-order valence-electron chi connectivity index (χ1n) is 8.02. The highest BCUT2D eigenvalue weighted by atomic mass is 32.2. The molecule has 0 amide bonds. The van der Waals surface area contributed by atoms with Crippen LogP contribution < -0.4 is 4.74 Å². The maximum atomic E-state index is 12.5. The van der Waals surface area contributed by atoms with Gasteiger partial charge in [-0.3, -0.25) is 4.79 Å². The number of benzene rings is 2. The van der Waals surface area contributed by atoms with Crippen molar-refractivity contribution in [2.24, 2.45) is 0 Å². The molecule has 0 saturated heterocycles. The molecule has 1 aliphatic heterocycles. The Hall–Kier alpha value is -2.60. The van der Waals surface area contributed by atoms with Gasteiger partial charge in [0.2, 0.25) is 0 Å². The van der Waals surface area contributed by atoms with Gasteiger partial charge in [0, 0.05) is 17.2 Å². The molecule has 0 aliphatic carbocycles. The Balaban J connectivity index is 1.64. The highest BCUT2D eigenvalue weighted by Crippen LogP contribution is 2.41. The number of carbonyl (C=O) groups excluding carboxylic acids is 1. The minimum atomic E-state index is -0.0217. The molecule has 1 aliphatic rings. The Bertz CT molecular complexity index is 917. The zero-order chi connectivity index (χ0) is 17.4. The van der Waals surface area contributed by atoms with Gasteiger partial charge in [-0.1, -0.05) is 41.6 Å². The van der Waals surface area contributed by atoms with Gasteiger partial charge < -0.3 is 4.74 Å². The van der Waals surface area contributed by atoms with Gasteiger partial charge in [-0.15, -0.1) is 5.10 Å². The van der Waals surface area contributed by atoms with E-state index < -0.39 is 0 Å². The first kappa shape index (κ1) is 15.9. The second kappa shape index (κ2) is 6.37. The molecule has 25 heavy (non-hydrogen) atoms. The third-order valence-corrected chi connectivity index (χ3v) is 5.42. The predicted molar refractivity (Wildman–Crippen MR) is 97.0 cm³/mol. The topological polar surface area (TPSA) is 57.0 Å². The number of thioether (sulfide) groups is 1. The van der Waals surface area contributed by atoms with Crippen LogP contribution in [0.1, 0.15) is 27.6 Å². The van der Waals surface area contributed by atoms with Crippen molar-refractivity contribution in [1.82, 2.24) is 14.8 Å². The minimum Gasteiger partial charge on any atom is -0.497 e. The zero-order valence-corrected chi connectivity index (χ0v) is 14.8. The van der Waals surface area contributed by atoms with Gasteiger partial charge in [-0.2, -0.15) is 4.68 Å². The monoisotopic (exact) mass is 351 g/mol. The largest absolute Gasteiger partial charge is 0.497 e. The zero-order valence-electron chi connectivity index (χ0n) is 14.0. The van der Waals surface area contributed by atoms with E-state index in [1.54, 1.807) is 18.9 Å². The summed E-state index contributed by atoms with van der Waals surface area (Å²) in [6.45, 7) is 2.06. The van der Waals surface area contributed by atoms with Gasteiger partial charge in [0.15, 0.2) is 11.0 Å². The second-order valence-electron chi connectivity index (χ2n) is 5.97. The number of aromatic nitrogens is 3. The number of carbonyl (C=O) groups is 1. The van der Waals surface area contributed by atoms with Gasteiger partial charge in [-0.05, 0) is 36.8 Å². The highest BCUT2D eigenvalue weighted by Gasteiger charge is 2.30. The van der Waals surface area contributed by atoms with Crippen LogP contribution in [0.3, 0.4) is 0 Å². The molecule has 2 aromatic carbocycles. The van der Waals surface area contributed by atoms with E-state index in [-0.39, 0.29) is 11.2 Å². The number of nitrogens with zero attached hydrogens (tertiary/aromatic N) is 3. The lowest BCUT2D eigenvalue weighted by molar-refractivity contribution is 0.0868. The Morgan fingerprint density at radius 2 is 1.84 bits per heavy atom. The van der Waals surface area contributed by atoms with E-state index in [2.05, 4.69) is 41.3 Å². The number of rotatable bonds is 3. The van der Waals surface area contributed by atoms with Crippen molar-refractivity contribution in [3.8, 4) is 17.1 Å². The summed E-state index contributed by atoms with van der Waals surface area (Å²) in [7, 11) is 1.63. The summed E-state index contributed by atoms with van der Waals surface area (Å²) in [6, 6.07) is 15.8. The minimum absolute atomic E-state index is 0.0217. The smallest absolute Gasteiger partial charge is 0.250 e. The third-order valence-electron chi connectivity index (χ3n) is 4.22. The molecular weight excluding hydrogens is 334 g/mol. The van der Waals surface area contributed by atoms with E-state index in [9.17, 15) is 4.79 Å². The van der Waals surface area contributed by atoms with Gasteiger partial charge in [0.1, 0.15) is 5.75 Å². The van der Waals surface area contributed by atoms with Crippen LogP contribution in [0.5, 0.6) is 5.75 Å². The van der Waals surface area contributed by atoms with Crippen LogP contribution in [0.15, 0.2) is 53.7 Å². The molecule has 0 N–H and O–H groups in total. The molecule has 2 heterocycles.